The number of methoxy groups -OCH3 is 2. The van der Waals surface area contributed by atoms with E-state index in [1.165, 1.54) is 28.1 Å². The predicted octanol–water partition coefficient (Wildman–Crippen LogP) is 3.41. The first kappa shape index (κ1) is 15.6. The number of carbonyl (C=O) groups is 1. The quantitative estimate of drug-likeness (QED) is 0.904. The fourth-order valence-electron chi connectivity index (χ4n) is 2.90. The summed E-state index contributed by atoms with van der Waals surface area (Å²) < 4.78 is 25.1. The Hall–Kier alpha value is -1.78. The van der Waals surface area contributed by atoms with Gasteiger partial charge in [-0.3, -0.25) is 4.79 Å². The maximum Gasteiger partial charge on any atom is 0.314 e. The Balaban J connectivity index is 2.71. The highest BCUT2D eigenvalue weighted by Crippen LogP contribution is 2.50. The molecule has 1 aliphatic carbocycles. The zero-order valence-corrected chi connectivity index (χ0v) is 12.8. The number of halogens is 1. The summed E-state index contributed by atoms with van der Waals surface area (Å²) in [6, 6.07) is 3.17. The Morgan fingerprint density at radius 2 is 1.76 bits per heavy atom. The van der Waals surface area contributed by atoms with Crippen molar-refractivity contribution >= 4 is 5.97 Å². The molecule has 2 rings (SSSR count). The van der Waals surface area contributed by atoms with Gasteiger partial charge >= 0.3 is 5.97 Å². The minimum atomic E-state index is -1.66. The van der Waals surface area contributed by atoms with Crippen molar-refractivity contribution < 1.29 is 23.8 Å². The molecule has 0 amide bonds. The van der Waals surface area contributed by atoms with Crippen LogP contribution in [0.25, 0.3) is 0 Å². The summed E-state index contributed by atoms with van der Waals surface area (Å²) in [6.07, 6.45) is 1.86. The van der Waals surface area contributed by atoms with Crippen LogP contribution in [0.5, 0.6) is 11.5 Å². The molecule has 0 unspecified atom stereocenters. The highest BCUT2D eigenvalue weighted by Gasteiger charge is 2.49. The molecule has 4 nitrogen and oxygen atoms in total. The first-order chi connectivity index (χ1) is 9.76. The molecule has 0 saturated heterocycles. The largest absolute Gasteiger partial charge is 0.493 e. The summed E-state index contributed by atoms with van der Waals surface area (Å²) in [5.74, 6) is -0.0821. The first-order valence-electron chi connectivity index (χ1n) is 6.95. The van der Waals surface area contributed by atoms with Crippen molar-refractivity contribution in [3.8, 4) is 11.5 Å². The van der Waals surface area contributed by atoms with E-state index in [-0.39, 0.29) is 0 Å². The first-order valence-corrected chi connectivity index (χ1v) is 6.95. The van der Waals surface area contributed by atoms with Gasteiger partial charge in [0.1, 0.15) is 5.67 Å². The topological polar surface area (TPSA) is 55.8 Å². The molecule has 1 fully saturated rings. The third-order valence-corrected chi connectivity index (χ3v) is 4.30. The second-order valence-electron chi connectivity index (χ2n) is 5.97. The van der Waals surface area contributed by atoms with E-state index < -0.39 is 17.1 Å². The molecule has 1 N–H and O–H groups in total. The van der Waals surface area contributed by atoms with Gasteiger partial charge in [0.25, 0.3) is 0 Å². The van der Waals surface area contributed by atoms with Crippen LogP contribution in [-0.4, -0.2) is 25.3 Å². The van der Waals surface area contributed by atoms with Crippen molar-refractivity contribution in [2.45, 2.75) is 44.2 Å². The van der Waals surface area contributed by atoms with E-state index in [4.69, 9.17) is 9.47 Å². The van der Waals surface area contributed by atoms with Crippen LogP contribution in [0.15, 0.2) is 12.1 Å². The van der Waals surface area contributed by atoms with Crippen LogP contribution in [0.2, 0.25) is 0 Å². The van der Waals surface area contributed by atoms with Crippen LogP contribution in [0.4, 0.5) is 4.39 Å². The molecule has 21 heavy (non-hydrogen) atoms. The molecular formula is C16H21FO4. The van der Waals surface area contributed by atoms with Gasteiger partial charge in [-0.1, -0.05) is 6.42 Å². The normalized spacial score (nSPS) is 17.0. The molecule has 1 aromatic rings. The third-order valence-electron chi connectivity index (χ3n) is 4.30. The second-order valence-corrected chi connectivity index (χ2v) is 5.97. The SMILES string of the molecule is COc1cc(C(C)(C)F)c(C2(C(=O)O)CCC2)cc1OC. The van der Waals surface area contributed by atoms with Crippen LogP contribution in [-0.2, 0) is 15.9 Å². The van der Waals surface area contributed by atoms with E-state index in [1.807, 2.05) is 0 Å². The van der Waals surface area contributed by atoms with Crippen molar-refractivity contribution in [2.75, 3.05) is 14.2 Å². The van der Waals surface area contributed by atoms with E-state index in [0.29, 0.717) is 35.5 Å². The van der Waals surface area contributed by atoms with Gasteiger partial charge in [0.15, 0.2) is 11.5 Å². The lowest BCUT2D eigenvalue weighted by atomic mass is 9.62. The van der Waals surface area contributed by atoms with Crippen LogP contribution in [0.1, 0.15) is 44.2 Å². The standard InChI is InChI=1S/C16H21FO4/c1-15(2,17)10-8-12(20-3)13(21-4)9-11(10)16(14(18)19)6-5-7-16/h8-9H,5-7H2,1-4H3,(H,18,19). The highest BCUT2D eigenvalue weighted by molar-refractivity contribution is 5.84. The molecule has 1 aromatic carbocycles. The van der Waals surface area contributed by atoms with Gasteiger partial charge in [0.05, 0.1) is 19.6 Å². The Kier molecular flexibility index (Phi) is 3.87. The van der Waals surface area contributed by atoms with E-state index in [9.17, 15) is 14.3 Å². The molecule has 0 spiro atoms. The molecule has 0 bridgehead atoms. The smallest absolute Gasteiger partial charge is 0.314 e. The summed E-state index contributed by atoms with van der Waals surface area (Å²) in [5, 5.41) is 9.62. The summed E-state index contributed by atoms with van der Waals surface area (Å²) in [6.45, 7) is 2.85. The molecule has 1 aliphatic rings. The summed E-state index contributed by atoms with van der Waals surface area (Å²) in [5.41, 5.74) is -1.83. The summed E-state index contributed by atoms with van der Waals surface area (Å²) >= 11 is 0. The predicted molar refractivity (Wildman–Crippen MR) is 76.8 cm³/mol. The lowest BCUT2D eigenvalue weighted by molar-refractivity contribution is -0.147. The van der Waals surface area contributed by atoms with Crippen LogP contribution < -0.4 is 9.47 Å². The lowest BCUT2D eigenvalue weighted by Crippen LogP contribution is -2.44. The number of hydrogen-bond acceptors (Lipinski definition) is 3. The molecule has 5 heteroatoms. The van der Waals surface area contributed by atoms with Gasteiger partial charge in [-0.2, -0.15) is 0 Å². The van der Waals surface area contributed by atoms with Crippen molar-refractivity contribution in [3.05, 3.63) is 23.3 Å². The van der Waals surface area contributed by atoms with Gasteiger partial charge < -0.3 is 14.6 Å². The van der Waals surface area contributed by atoms with Gasteiger partial charge in [0.2, 0.25) is 0 Å². The Bertz CT molecular complexity index is 556. The average Bonchev–Trinajstić information content (AvgIpc) is 2.34. The monoisotopic (exact) mass is 296 g/mol. The molecule has 1 saturated carbocycles. The van der Waals surface area contributed by atoms with E-state index in [0.717, 1.165) is 6.42 Å². The van der Waals surface area contributed by atoms with Gasteiger partial charge in [0, 0.05) is 0 Å². The lowest BCUT2D eigenvalue weighted by Gasteiger charge is -2.41. The Morgan fingerprint density at radius 1 is 1.24 bits per heavy atom. The van der Waals surface area contributed by atoms with E-state index in [2.05, 4.69) is 0 Å². The molecular weight excluding hydrogens is 275 g/mol. The number of ether oxygens (including phenoxy) is 2. The van der Waals surface area contributed by atoms with Crippen molar-refractivity contribution in [1.29, 1.82) is 0 Å². The fraction of sp³-hybridized carbons (Fsp3) is 0.562. The molecule has 116 valence electrons. The second kappa shape index (κ2) is 5.20. The Morgan fingerprint density at radius 3 is 2.10 bits per heavy atom. The minimum absolute atomic E-state index is 0.349. The van der Waals surface area contributed by atoms with Gasteiger partial charge in [-0.25, -0.2) is 4.39 Å². The van der Waals surface area contributed by atoms with Crippen molar-refractivity contribution in [1.82, 2.24) is 0 Å². The number of alkyl halides is 1. The van der Waals surface area contributed by atoms with E-state index >= 15 is 0 Å². The molecule has 0 heterocycles. The summed E-state index contributed by atoms with van der Waals surface area (Å²) in [7, 11) is 2.96. The number of carboxylic acids is 1. The van der Waals surface area contributed by atoms with Gasteiger partial charge in [-0.15, -0.1) is 0 Å². The van der Waals surface area contributed by atoms with Crippen molar-refractivity contribution in [3.63, 3.8) is 0 Å². The molecule has 0 radical (unpaired) electrons. The number of hydrogen-bond donors (Lipinski definition) is 1. The number of aliphatic carboxylic acids is 1. The number of benzene rings is 1. The minimum Gasteiger partial charge on any atom is -0.493 e. The Labute approximate surface area is 123 Å². The zero-order chi connectivity index (χ0) is 15.8. The van der Waals surface area contributed by atoms with Crippen LogP contribution in [0, 0.1) is 0 Å². The molecule has 0 atom stereocenters. The van der Waals surface area contributed by atoms with Crippen LogP contribution in [0.3, 0.4) is 0 Å². The van der Waals surface area contributed by atoms with E-state index in [1.54, 1.807) is 12.1 Å². The number of carboxylic acid groups (broad SMARTS) is 1. The molecule has 0 aromatic heterocycles. The maximum absolute atomic E-state index is 14.6. The third kappa shape index (κ3) is 2.45. The highest BCUT2D eigenvalue weighted by atomic mass is 19.1. The maximum atomic E-state index is 14.6. The fourth-order valence-corrected chi connectivity index (χ4v) is 2.90. The van der Waals surface area contributed by atoms with Crippen LogP contribution >= 0.6 is 0 Å². The summed E-state index contributed by atoms with van der Waals surface area (Å²) in [4.78, 5) is 11.7. The average molecular weight is 296 g/mol. The van der Waals surface area contributed by atoms with Gasteiger partial charge in [-0.05, 0) is 49.9 Å². The van der Waals surface area contributed by atoms with Crippen molar-refractivity contribution in [2.24, 2.45) is 0 Å². The zero-order valence-electron chi connectivity index (χ0n) is 12.8. The molecule has 0 aliphatic heterocycles. The number of rotatable bonds is 5.